The van der Waals surface area contributed by atoms with E-state index >= 15 is 0 Å². The van der Waals surface area contributed by atoms with Gasteiger partial charge in [0, 0.05) is 18.7 Å². The first-order chi connectivity index (χ1) is 8.46. The van der Waals surface area contributed by atoms with Crippen molar-refractivity contribution < 1.29 is 22.6 Å². The third-order valence-corrected chi connectivity index (χ3v) is 2.44. The fourth-order valence-electron chi connectivity index (χ4n) is 1.60. The molecule has 0 radical (unpaired) electrons. The van der Waals surface area contributed by atoms with Crippen molar-refractivity contribution in [2.75, 3.05) is 30.8 Å². The van der Waals surface area contributed by atoms with Crippen LogP contribution in [0.15, 0.2) is 12.1 Å². The van der Waals surface area contributed by atoms with Crippen molar-refractivity contribution in [2.24, 2.45) is 0 Å². The Balaban J connectivity index is 2.04. The first kappa shape index (κ1) is 12.7. The lowest BCUT2D eigenvalue weighted by molar-refractivity contribution is -0.131. The molecule has 2 rings (SSSR count). The van der Waals surface area contributed by atoms with E-state index in [1.54, 1.807) is 12.1 Å². The van der Waals surface area contributed by atoms with Gasteiger partial charge >= 0.3 is 6.18 Å². The van der Waals surface area contributed by atoms with Gasteiger partial charge in [0.15, 0.2) is 11.5 Å². The Hall–Kier alpha value is -1.79. The fourth-order valence-corrected chi connectivity index (χ4v) is 1.60. The number of alkyl halides is 3. The smallest absolute Gasteiger partial charge is 0.390 e. The molecule has 1 aliphatic rings. The molecule has 0 saturated heterocycles. The molecule has 0 aromatic heterocycles. The molecule has 18 heavy (non-hydrogen) atoms. The lowest BCUT2D eigenvalue weighted by Gasteiger charge is -2.20. The molecule has 7 heteroatoms. The Kier molecular flexibility index (Phi) is 3.40. The van der Waals surface area contributed by atoms with E-state index in [4.69, 9.17) is 15.2 Å². The number of nitrogens with one attached hydrogen (secondary N) is 1. The highest BCUT2D eigenvalue weighted by Crippen LogP contribution is 2.37. The maximum absolute atomic E-state index is 12.0. The van der Waals surface area contributed by atoms with Gasteiger partial charge < -0.3 is 20.5 Å². The van der Waals surface area contributed by atoms with Gasteiger partial charge in [0.2, 0.25) is 0 Å². The fraction of sp³-hybridized carbons (Fsp3) is 0.455. The number of fused-ring (bicyclic) bond motifs is 1. The number of ether oxygens (including phenoxy) is 2. The van der Waals surface area contributed by atoms with Crippen molar-refractivity contribution in [3.8, 4) is 11.5 Å². The highest BCUT2D eigenvalue weighted by Gasteiger charge is 2.26. The van der Waals surface area contributed by atoms with Crippen LogP contribution in [0, 0.1) is 0 Å². The van der Waals surface area contributed by atoms with Gasteiger partial charge in [0.05, 0.1) is 17.8 Å². The molecule has 1 heterocycles. The van der Waals surface area contributed by atoms with Crippen LogP contribution >= 0.6 is 0 Å². The number of hydrogen-bond acceptors (Lipinski definition) is 4. The molecule has 100 valence electrons. The largest absolute Gasteiger partial charge is 0.486 e. The summed E-state index contributed by atoms with van der Waals surface area (Å²) in [6.45, 7) is 0.625. The summed E-state index contributed by atoms with van der Waals surface area (Å²) in [7, 11) is 0. The molecule has 0 saturated carbocycles. The Morgan fingerprint density at radius 1 is 1.17 bits per heavy atom. The van der Waals surface area contributed by atoms with Crippen LogP contribution in [-0.4, -0.2) is 25.9 Å². The Labute approximate surface area is 102 Å². The first-order valence-corrected chi connectivity index (χ1v) is 5.45. The SMILES string of the molecule is Nc1cc2c(cc1NCCC(F)(F)F)OCCO2. The van der Waals surface area contributed by atoms with Gasteiger partial charge in [0.25, 0.3) is 0 Å². The van der Waals surface area contributed by atoms with Crippen LogP contribution < -0.4 is 20.5 Å². The minimum Gasteiger partial charge on any atom is -0.486 e. The van der Waals surface area contributed by atoms with E-state index in [-0.39, 0.29) is 6.54 Å². The molecule has 0 bridgehead atoms. The van der Waals surface area contributed by atoms with Gasteiger partial charge in [-0.05, 0) is 0 Å². The molecular formula is C11H13F3N2O2. The quantitative estimate of drug-likeness (QED) is 0.821. The van der Waals surface area contributed by atoms with Crippen LogP contribution in [-0.2, 0) is 0 Å². The van der Waals surface area contributed by atoms with E-state index in [0.717, 1.165) is 0 Å². The van der Waals surface area contributed by atoms with Gasteiger partial charge in [0.1, 0.15) is 13.2 Å². The van der Waals surface area contributed by atoms with Crippen LogP contribution in [0.2, 0.25) is 0 Å². The molecule has 1 aromatic carbocycles. The van der Waals surface area contributed by atoms with Crippen molar-refractivity contribution in [2.45, 2.75) is 12.6 Å². The maximum Gasteiger partial charge on any atom is 0.390 e. The lowest BCUT2D eigenvalue weighted by atomic mass is 10.2. The molecule has 0 atom stereocenters. The summed E-state index contributed by atoms with van der Waals surface area (Å²) in [6, 6.07) is 3.10. The van der Waals surface area contributed by atoms with Crippen molar-refractivity contribution in [3.63, 3.8) is 0 Å². The standard InChI is InChI=1S/C11H13F3N2O2/c12-11(13,14)1-2-16-8-6-10-9(5-7(8)15)17-3-4-18-10/h5-6,16H,1-4,15H2. The Morgan fingerprint density at radius 3 is 2.39 bits per heavy atom. The number of benzene rings is 1. The van der Waals surface area contributed by atoms with E-state index in [1.807, 2.05) is 0 Å². The number of rotatable bonds is 3. The Morgan fingerprint density at radius 2 is 1.78 bits per heavy atom. The highest BCUT2D eigenvalue weighted by molar-refractivity contribution is 5.72. The number of halogens is 3. The molecule has 3 N–H and O–H groups in total. The van der Waals surface area contributed by atoms with Crippen LogP contribution in [0.5, 0.6) is 11.5 Å². The number of hydrogen-bond donors (Lipinski definition) is 2. The molecular weight excluding hydrogens is 249 g/mol. The normalized spacial score (nSPS) is 14.4. The molecule has 0 unspecified atom stereocenters. The lowest BCUT2D eigenvalue weighted by Crippen LogP contribution is -2.17. The molecule has 0 aliphatic carbocycles. The summed E-state index contributed by atoms with van der Waals surface area (Å²) in [5, 5.41) is 2.64. The van der Waals surface area contributed by atoms with E-state index in [0.29, 0.717) is 36.1 Å². The predicted molar refractivity (Wildman–Crippen MR) is 61.0 cm³/mol. The molecule has 0 fully saturated rings. The van der Waals surface area contributed by atoms with E-state index < -0.39 is 12.6 Å². The second-order valence-electron chi connectivity index (χ2n) is 3.88. The summed E-state index contributed by atoms with van der Waals surface area (Å²) in [5.74, 6) is 1.00. The molecule has 1 aromatic rings. The van der Waals surface area contributed by atoms with Gasteiger partial charge in [-0.25, -0.2) is 0 Å². The van der Waals surface area contributed by atoms with Gasteiger partial charge in [-0.2, -0.15) is 13.2 Å². The molecule has 0 spiro atoms. The van der Waals surface area contributed by atoms with Gasteiger partial charge in [-0.15, -0.1) is 0 Å². The average molecular weight is 262 g/mol. The molecule has 1 aliphatic heterocycles. The van der Waals surface area contributed by atoms with Gasteiger partial charge in [-0.1, -0.05) is 0 Å². The second kappa shape index (κ2) is 4.83. The minimum absolute atomic E-state index is 0.229. The zero-order valence-electron chi connectivity index (χ0n) is 9.51. The average Bonchev–Trinajstić information content (AvgIpc) is 2.28. The van der Waals surface area contributed by atoms with E-state index in [2.05, 4.69) is 5.32 Å². The van der Waals surface area contributed by atoms with Crippen molar-refractivity contribution in [1.29, 1.82) is 0 Å². The summed E-state index contributed by atoms with van der Waals surface area (Å²) < 4.78 is 46.7. The summed E-state index contributed by atoms with van der Waals surface area (Å²) >= 11 is 0. The number of nitrogens with two attached hydrogens (primary N) is 1. The van der Waals surface area contributed by atoms with Crippen molar-refractivity contribution >= 4 is 11.4 Å². The second-order valence-corrected chi connectivity index (χ2v) is 3.88. The molecule has 0 amide bonds. The van der Waals surface area contributed by atoms with E-state index in [9.17, 15) is 13.2 Å². The number of nitrogen functional groups attached to an aromatic ring is 1. The summed E-state index contributed by atoms with van der Waals surface area (Å²) in [6.07, 6.45) is -5.10. The number of anilines is 2. The third-order valence-electron chi connectivity index (χ3n) is 2.44. The van der Waals surface area contributed by atoms with Crippen LogP contribution in [0.3, 0.4) is 0 Å². The topological polar surface area (TPSA) is 56.5 Å². The third kappa shape index (κ3) is 3.12. The molecule has 4 nitrogen and oxygen atoms in total. The predicted octanol–water partition coefficient (Wildman–Crippen LogP) is 2.40. The van der Waals surface area contributed by atoms with E-state index in [1.165, 1.54) is 0 Å². The minimum atomic E-state index is -4.18. The first-order valence-electron chi connectivity index (χ1n) is 5.45. The summed E-state index contributed by atoms with van der Waals surface area (Å²) in [5.41, 5.74) is 6.47. The maximum atomic E-state index is 12.0. The highest BCUT2D eigenvalue weighted by atomic mass is 19.4. The zero-order valence-corrected chi connectivity index (χ0v) is 9.51. The Bertz CT molecular complexity index is 435. The van der Waals surface area contributed by atoms with Crippen molar-refractivity contribution in [1.82, 2.24) is 0 Å². The van der Waals surface area contributed by atoms with Crippen LogP contribution in [0.4, 0.5) is 24.5 Å². The van der Waals surface area contributed by atoms with Crippen molar-refractivity contribution in [3.05, 3.63) is 12.1 Å². The zero-order chi connectivity index (χ0) is 13.2. The van der Waals surface area contributed by atoms with Crippen LogP contribution in [0.1, 0.15) is 6.42 Å². The van der Waals surface area contributed by atoms with Gasteiger partial charge in [-0.3, -0.25) is 0 Å². The monoisotopic (exact) mass is 262 g/mol. The summed E-state index contributed by atoms with van der Waals surface area (Å²) in [4.78, 5) is 0. The van der Waals surface area contributed by atoms with Crippen LogP contribution in [0.25, 0.3) is 0 Å².